The zero-order chi connectivity index (χ0) is 17.2. The summed E-state index contributed by atoms with van der Waals surface area (Å²) in [5, 5.41) is 5.14. The predicted molar refractivity (Wildman–Crippen MR) is 98.1 cm³/mol. The first-order valence-corrected chi connectivity index (χ1v) is 8.66. The highest BCUT2D eigenvalue weighted by Crippen LogP contribution is 2.24. The molecule has 0 fully saturated rings. The minimum absolute atomic E-state index is 0.202. The van der Waals surface area contributed by atoms with E-state index in [1.165, 1.54) is 21.9 Å². The van der Waals surface area contributed by atoms with Gasteiger partial charge in [-0.05, 0) is 18.6 Å². The SMILES string of the molecule is Cc1ccccc1OCc1cc(=O)n2nc(-c3ccccc3)sc2n1. The number of aromatic nitrogens is 3. The molecule has 2 aromatic carbocycles. The molecule has 0 atom stereocenters. The summed E-state index contributed by atoms with van der Waals surface area (Å²) in [6, 6.07) is 19.0. The van der Waals surface area contributed by atoms with Gasteiger partial charge in [-0.15, -0.1) is 0 Å². The molecule has 2 aromatic heterocycles. The molecular formula is C19H15N3O2S. The minimum Gasteiger partial charge on any atom is -0.487 e. The molecule has 0 unspecified atom stereocenters. The van der Waals surface area contributed by atoms with E-state index in [0.29, 0.717) is 10.7 Å². The summed E-state index contributed by atoms with van der Waals surface area (Å²) >= 11 is 1.39. The van der Waals surface area contributed by atoms with E-state index in [4.69, 9.17) is 4.74 Å². The molecule has 0 aliphatic heterocycles. The van der Waals surface area contributed by atoms with Crippen molar-refractivity contribution in [3.05, 3.63) is 82.3 Å². The zero-order valence-corrected chi connectivity index (χ0v) is 14.4. The maximum absolute atomic E-state index is 12.3. The first-order valence-electron chi connectivity index (χ1n) is 7.84. The van der Waals surface area contributed by atoms with Crippen molar-refractivity contribution in [3.63, 3.8) is 0 Å². The molecule has 0 aliphatic carbocycles. The predicted octanol–water partition coefficient (Wildman–Crippen LogP) is 3.71. The standard InChI is InChI=1S/C19H15N3O2S/c1-13-7-5-6-10-16(13)24-12-15-11-17(23)22-19(20-15)25-18(21-22)14-8-3-2-4-9-14/h2-11H,12H2,1H3. The quantitative estimate of drug-likeness (QED) is 0.564. The zero-order valence-electron chi connectivity index (χ0n) is 13.5. The lowest BCUT2D eigenvalue weighted by atomic mass is 10.2. The molecule has 4 rings (SSSR count). The number of aryl methyl sites for hydroxylation is 1. The Morgan fingerprint density at radius 2 is 1.84 bits per heavy atom. The Balaban J connectivity index is 1.65. The maximum atomic E-state index is 12.3. The largest absolute Gasteiger partial charge is 0.487 e. The van der Waals surface area contributed by atoms with Gasteiger partial charge in [0.1, 0.15) is 17.4 Å². The number of hydrogen-bond acceptors (Lipinski definition) is 5. The van der Waals surface area contributed by atoms with Crippen LogP contribution in [0.2, 0.25) is 0 Å². The lowest BCUT2D eigenvalue weighted by Gasteiger charge is -2.07. The summed E-state index contributed by atoms with van der Waals surface area (Å²) in [5.41, 5.74) is 2.41. The summed E-state index contributed by atoms with van der Waals surface area (Å²) in [7, 11) is 0. The summed E-state index contributed by atoms with van der Waals surface area (Å²) in [6.07, 6.45) is 0. The third-order valence-electron chi connectivity index (χ3n) is 3.79. The highest BCUT2D eigenvalue weighted by Gasteiger charge is 2.11. The highest BCUT2D eigenvalue weighted by molar-refractivity contribution is 7.19. The van der Waals surface area contributed by atoms with Crippen LogP contribution in [0.4, 0.5) is 0 Å². The Morgan fingerprint density at radius 1 is 1.08 bits per heavy atom. The molecule has 0 saturated carbocycles. The van der Waals surface area contributed by atoms with Crippen LogP contribution >= 0.6 is 11.3 Å². The van der Waals surface area contributed by atoms with Gasteiger partial charge in [0, 0.05) is 11.6 Å². The van der Waals surface area contributed by atoms with Crippen LogP contribution in [0.25, 0.3) is 15.5 Å². The van der Waals surface area contributed by atoms with Crippen LogP contribution in [0.3, 0.4) is 0 Å². The number of hydrogen-bond donors (Lipinski definition) is 0. The monoisotopic (exact) mass is 349 g/mol. The van der Waals surface area contributed by atoms with Crippen LogP contribution in [0.1, 0.15) is 11.3 Å². The average Bonchev–Trinajstić information content (AvgIpc) is 3.07. The molecule has 25 heavy (non-hydrogen) atoms. The van der Waals surface area contributed by atoms with Gasteiger partial charge in [-0.2, -0.15) is 9.61 Å². The van der Waals surface area contributed by atoms with E-state index < -0.39 is 0 Å². The first kappa shape index (κ1) is 15.5. The van der Waals surface area contributed by atoms with E-state index in [2.05, 4.69) is 10.1 Å². The molecular weight excluding hydrogens is 334 g/mol. The number of fused-ring (bicyclic) bond motifs is 1. The van der Waals surface area contributed by atoms with Crippen molar-refractivity contribution < 1.29 is 4.74 Å². The van der Waals surface area contributed by atoms with E-state index in [1.54, 1.807) is 0 Å². The molecule has 4 aromatic rings. The summed E-state index contributed by atoms with van der Waals surface area (Å²) in [4.78, 5) is 17.4. The van der Waals surface area contributed by atoms with Gasteiger partial charge in [0.2, 0.25) is 4.96 Å². The van der Waals surface area contributed by atoms with Crippen LogP contribution in [0, 0.1) is 6.92 Å². The van der Waals surface area contributed by atoms with Crippen molar-refractivity contribution in [3.8, 4) is 16.3 Å². The highest BCUT2D eigenvalue weighted by atomic mass is 32.1. The molecule has 0 radical (unpaired) electrons. The van der Waals surface area contributed by atoms with Crippen molar-refractivity contribution in [2.75, 3.05) is 0 Å². The third kappa shape index (κ3) is 3.16. The fraction of sp³-hybridized carbons (Fsp3) is 0.105. The van der Waals surface area contributed by atoms with E-state index in [-0.39, 0.29) is 12.2 Å². The number of ether oxygens (including phenoxy) is 1. The third-order valence-corrected chi connectivity index (χ3v) is 4.75. The van der Waals surface area contributed by atoms with Crippen molar-refractivity contribution in [1.29, 1.82) is 0 Å². The van der Waals surface area contributed by atoms with Crippen molar-refractivity contribution in [2.45, 2.75) is 13.5 Å². The fourth-order valence-corrected chi connectivity index (χ4v) is 3.43. The molecule has 0 spiro atoms. The van der Waals surface area contributed by atoms with Crippen molar-refractivity contribution in [2.24, 2.45) is 0 Å². The Morgan fingerprint density at radius 3 is 2.64 bits per heavy atom. The van der Waals surface area contributed by atoms with E-state index in [9.17, 15) is 4.79 Å². The number of para-hydroxylation sites is 1. The lowest BCUT2D eigenvalue weighted by Crippen LogP contribution is -2.16. The van der Waals surface area contributed by atoms with E-state index >= 15 is 0 Å². The Bertz CT molecular complexity index is 1090. The van der Waals surface area contributed by atoms with Crippen LogP contribution in [-0.2, 0) is 6.61 Å². The summed E-state index contributed by atoms with van der Waals surface area (Å²) < 4.78 is 7.13. The Hall–Kier alpha value is -2.99. The van der Waals surface area contributed by atoms with Gasteiger partial charge in [-0.1, -0.05) is 59.9 Å². The van der Waals surface area contributed by atoms with Crippen LogP contribution in [0.5, 0.6) is 5.75 Å². The Labute approximate surface area is 148 Å². The smallest absolute Gasteiger partial charge is 0.275 e. The molecule has 0 N–H and O–H groups in total. The molecule has 0 bridgehead atoms. The van der Waals surface area contributed by atoms with Gasteiger partial charge in [0.25, 0.3) is 5.56 Å². The molecule has 6 heteroatoms. The number of rotatable bonds is 4. The van der Waals surface area contributed by atoms with Crippen LogP contribution in [-0.4, -0.2) is 14.6 Å². The van der Waals surface area contributed by atoms with Gasteiger partial charge in [-0.25, -0.2) is 4.98 Å². The molecule has 5 nitrogen and oxygen atoms in total. The topological polar surface area (TPSA) is 56.5 Å². The molecule has 0 aliphatic rings. The summed E-state index contributed by atoms with van der Waals surface area (Å²) in [5.74, 6) is 0.791. The van der Waals surface area contributed by atoms with Gasteiger partial charge < -0.3 is 4.74 Å². The van der Waals surface area contributed by atoms with E-state index in [0.717, 1.165) is 21.9 Å². The molecule has 0 amide bonds. The van der Waals surface area contributed by atoms with Crippen molar-refractivity contribution >= 4 is 16.3 Å². The number of nitrogens with zero attached hydrogens (tertiary/aromatic N) is 3. The first-order chi connectivity index (χ1) is 12.2. The minimum atomic E-state index is -0.202. The average molecular weight is 349 g/mol. The van der Waals surface area contributed by atoms with Crippen LogP contribution in [0.15, 0.2) is 65.5 Å². The fourth-order valence-electron chi connectivity index (χ4n) is 2.50. The van der Waals surface area contributed by atoms with Gasteiger partial charge in [0.05, 0.1) is 5.69 Å². The normalized spacial score (nSPS) is 10.9. The second-order valence-electron chi connectivity index (χ2n) is 5.61. The van der Waals surface area contributed by atoms with E-state index in [1.807, 2.05) is 61.5 Å². The second kappa shape index (κ2) is 6.49. The molecule has 0 saturated heterocycles. The van der Waals surface area contributed by atoms with Gasteiger partial charge >= 0.3 is 0 Å². The maximum Gasteiger partial charge on any atom is 0.275 e. The van der Waals surface area contributed by atoms with Crippen molar-refractivity contribution in [1.82, 2.24) is 14.6 Å². The van der Waals surface area contributed by atoms with Gasteiger partial charge in [0.15, 0.2) is 0 Å². The second-order valence-corrected chi connectivity index (χ2v) is 6.56. The molecule has 2 heterocycles. The van der Waals surface area contributed by atoms with Gasteiger partial charge in [-0.3, -0.25) is 4.79 Å². The molecule has 124 valence electrons. The van der Waals surface area contributed by atoms with Crippen LogP contribution < -0.4 is 10.3 Å². The lowest BCUT2D eigenvalue weighted by molar-refractivity contribution is 0.299. The number of benzene rings is 2. The Kier molecular flexibility index (Phi) is 4.03. The summed E-state index contributed by atoms with van der Waals surface area (Å²) in [6.45, 7) is 2.23.